The predicted octanol–water partition coefficient (Wildman–Crippen LogP) is 1.38. The fraction of sp³-hybridized carbons (Fsp3) is 1.00. The van der Waals surface area contributed by atoms with Gasteiger partial charge in [0, 0.05) is 11.6 Å². The fourth-order valence-electron chi connectivity index (χ4n) is 3.17. The van der Waals surface area contributed by atoms with Crippen LogP contribution in [0.4, 0.5) is 0 Å². The van der Waals surface area contributed by atoms with Crippen LogP contribution in [0.1, 0.15) is 51.9 Å². The average molecular weight is 260 g/mol. The third-order valence-electron chi connectivity index (χ3n) is 4.12. The van der Waals surface area contributed by atoms with Gasteiger partial charge in [-0.1, -0.05) is 26.2 Å². The van der Waals surface area contributed by atoms with Crippen LogP contribution < -0.4 is 10.0 Å². The van der Waals surface area contributed by atoms with Crippen molar-refractivity contribution in [2.75, 3.05) is 12.3 Å². The maximum Gasteiger partial charge on any atom is 0.212 e. The summed E-state index contributed by atoms with van der Waals surface area (Å²) in [4.78, 5) is 0. The normalized spacial score (nSPS) is 33.6. The zero-order valence-corrected chi connectivity index (χ0v) is 11.5. The van der Waals surface area contributed by atoms with Crippen LogP contribution >= 0.6 is 0 Å². The summed E-state index contributed by atoms with van der Waals surface area (Å²) < 4.78 is 27.1. The largest absolute Gasteiger partial charge is 0.312 e. The molecule has 2 rings (SSSR count). The summed E-state index contributed by atoms with van der Waals surface area (Å²) in [5.41, 5.74) is -0.176. The summed E-state index contributed by atoms with van der Waals surface area (Å²) in [6, 6.07) is 0.354. The molecule has 1 saturated carbocycles. The van der Waals surface area contributed by atoms with E-state index in [1.54, 1.807) is 0 Å². The van der Waals surface area contributed by atoms with Crippen LogP contribution in [-0.4, -0.2) is 32.3 Å². The molecule has 2 unspecified atom stereocenters. The number of hydrogen-bond donors (Lipinski definition) is 2. The molecule has 0 radical (unpaired) electrons. The summed E-state index contributed by atoms with van der Waals surface area (Å²) in [5.74, 6) is 0.276. The van der Waals surface area contributed by atoms with E-state index in [-0.39, 0.29) is 11.3 Å². The smallest absolute Gasteiger partial charge is 0.212 e. The SMILES string of the molecule is CCCCS(=O)(=O)NC12CCCCC1NCC2. The van der Waals surface area contributed by atoms with Gasteiger partial charge in [0.25, 0.3) is 0 Å². The van der Waals surface area contributed by atoms with Crippen LogP contribution in [-0.2, 0) is 10.0 Å². The van der Waals surface area contributed by atoms with Gasteiger partial charge in [0.1, 0.15) is 0 Å². The van der Waals surface area contributed by atoms with Gasteiger partial charge in [-0.3, -0.25) is 0 Å². The molecule has 17 heavy (non-hydrogen) atoms. The average Bonchev–Trinajstić information content (AvgIpc) is 2.68. The molecule has 1 heterocycles. The Balaban J connectivity index is 2.05. The topological polar surface area (TPSA) is 58.2 Å². The Labute approximate surface area is 105 Å². The lowest BCUT2D eigenvalue weighted by molar-refractivity contribution is 0.247. The first kappa shape index (κ1) is 13.3. The molecule has 5 heteroatoms. The van der Waals surface area contributed by atoms with Gasteiger partial charge in [-0.25, -0.2) is 13.1 Å². The minimum atomic E-state index is -3.10. The first-order valence-corrected chi connectivity index (χ1v) is 8.48. The second-order valence-electron chi connectivity index (χ2n) is 5.43. The summed E-state index contributed by atoms with van der Waals surface area (Å²) >= 11 is 0. The number of hydrogen-bond acceptors (Lipinski definition) is 3. The molecule has 2 atom stereocenters. The van der Waals surface area contributed by atoms with Crippen molar-refractivity contribution in [2.24, 2.45) is 0 Å². The molecule has 0 aromatic rings. The Morgan fingerprint density at radius 3 is 2.94 bits per heavy atom. The maximum absolute atomic E-state index is 12.1. The van der Waals surface area contributed by atoms with E-state index in [9.17, 15) is 8.42 Å². The molecule has 1 aliphatic carbocycles. The lowest BCUT2D eigenvalue weighted by Gasteiger charge is -2.39. The third kappa shape index (κ3) is 3.01. The van der Waals surface area contributed by atoms with Crippen molar-refractivity contribution >= 4 is 10.0 Å². The highest BCUT2D eigenvalue weighted by Crippen LogP contribution is 2.35. The number of fused-ring (bicyclic) bond motifs is 1. The molecule has 1 saturated heterocycles. The van der Waals surface area contributed by atoms with Crippen LogP contribution in [0.25, 0.3) is 0 Å². The Bertz CT molecular complexity index is 356. The number of rotatable bonds is 5. The van der Waals surface area contributed by atoms with Gasteiger partial charge in [-0.05, 0) is 32.2 Å². The Morgan fingerprint density at radius 2 is 2.18 bits per heavy atom. The minimum Gasteiger partial charge on any atom is -0.312 e. The molecule has 4 nitrogen and oxygen atoms in total. The van der Waals surface area contributed by atoms with E-state index in [4.69, 9.17) is 0 Å². The fourth-order valence-corrected chi connectivity index (χ4v) is 4.91. The summed E-state index contributed by atoms with van der Waals surface area (Å²) in [6.07, 6.45) is 7.10. The van der Waals surface area contributed by atoms with Gasteiger partial charge in [0.15, 0.2) is 0 Å². The summed E-state index contributed by atoms with van der Waals surface area (Å²) in [7, 11) is -3.10. The number of nitrogens with one attached hydrogen (secondary N) is 2. The second-order valence-corrected chi connectivity index (χ2v) is 7.27. The first-order chi connectivity index (χ1) is 8.08. The summed E-state index contributed by atoms with van der Waals surface area (Å²) in [5, 5.41) is 3.45. The molecule has 0 amide bonds. The third-order valence-corrected chi connectivity index (χ3v) is 5.66. The van der Waals surface area contributed by atoms with E-state index in [0.717, 1.165) is 45.1 Å². The van der Waals surface area contributed by atoms with Crippen LogP contribution in [0.15, 0.2) is 0 Å². The first-order valence-electron chi connectivity index (χ1n) is 6.83. The van der Waals surface area contributed by atoms with E-state index in [1.165, 1.54) is 6.42 Å². The van der Waals surface area contributed by atoms with Crippen molar-refractivity contribution in [2.45, 2.75) is 63.5 Å². The highest BCUT2D eigenvalue weighted by molar-refractivity contribution is 7.89. The summed E-state index contributed by atoms with van der Waals surface area (Å²) in [6.45, 7) is 2.97. The zero-order valence-electron chi connectivity index (χ0n) is 10.7. The molecule has 1 aliphatic heterocycles. The Hall–Kier alpha value is -0.130. The molecule has 0 aromatic heterocycles. The zero-order chi connectivity index (χ0) is 12.4. The van der Waals surface area contributed by atoms with E-state index in [2.05, 4.69) is 10.0 Å². The van der Waals surface area contributed by atoms with Crippen LogP contribution in [0.5, 0.6) is 0 Å². The maximum atomic E-state index is 12.1. The van der Waals surface area contributed by atoms with Gasteiger partial charge in [0.2, 0.25) is 10.0 Å². The van der Waals surface area contributed by atoms with E-state index in [0.29, 0.717) is 6.04 Å². The minimum absolute atomic E-state index is 0.176. The van der Waals surface area contributed by atoms with Gasteiger partial charge in [-0.2, -0.15) is 0 Å². The van der Waals surface area contributed by atoms with Gasteiger partial charge in [-0.15, -0.1) is 0 Å². The van der Waals surface area contributed by atoms with Gasteiger partial charge < -0.3 is 5.32 Å². The Morgan fingerprint density at radius 1 is 1.35 bits per heavy atom. The Kier molecular flexibility index (Phi) is 4.10. The highest BCUT2D eigenvalue weighted by Gasteiger charge is 2.46. The van der Waals surface area contributed by atoms with E-state index < -0.39 is 10.0 Å². The van der Waals surface area contributed by atoms with Crippen molar-refractivity contribution in [3.05, 3.63) is 0 Å². The monoisotopic (exact) mass is 260 g/mol. The molecular weight excluding hydrogens is 236 g/mol. The lowest BCUT2D eigenvalue weighted by atomic mass is 9.79. The van der Waals surface area contributed by atoms with Gasteiger partial charge >= 0.3 is 0 Å². The van der Waals surface area contributed by atoms with Crippen molar-refractivity contribution in [1.82, 2.24) is 10.0 Å². The quantitative estimate of drug-likeness (QED) is 0.785. The molecule has 2 fully saturated rings. The predicted molar refractivity (Wildman–Crippen MR) is 69.4 cm³/mol. The van der Waals surface area contributed by atoms with Crippen LogP contribution in [0, 0.1) is 0 Å². The van der Waals surface area contributed by atoms with Gasteiger partial charge in [0.05, 0.1) is 5.75 Å². The molecule has 0 aromatic carbocycles. The number of unbranched alkanes of at least 4 members (excludes halogenated alkanes) is 1. The molecule has 100 valence electrons. The standard InChI is InChI=1S/C12H24N2O2S/c1-2-3-10-17(15,16)14-12-7-5-4-6-11(12)13-9-8-12/h11,13-14H,2-10H2,1H3. The van der Waals surface area contributed by atoms with Crippen LogP contribution in [0.3, 0.4) is 0 Å². The lowest BCUT2D eigenvalue weighted by Crippen LogP contribution is -2.57. The van der Waals surface area contributed by atoms with E-state index in [1.807, 2.05) is 6.92 Å². The molecule has 2 aliphatic rings. The molecule has 0 spiro atoms. The highest BCUT2D eigenvalue weighted by atomic mass is 32.2. The van der Waals surface area contributed by atoms with Crippen molar-refractivity contribution in [3.8, 4) is 0 Å². The second kappa shape index (κ2) is 5.24. The van der Waals surface area contributed by atoms with Crippen molar-refractivity contribution in [1.29, 1.82) is 0 Å². The molecule has 0 bridgehead atoms. The molecular formula is C12H24N2O2S. The van der Waals surface area contributed by atoms with Crippen molar-refractivity contribution in [3.63, 3.8) is 0 Å². The van der Waals surface area contributed by atoms with Crippen molar-refractivity contribution < 1.29 is 8.42 Å². The number of sulfonamides is 1. The van der Waals surface area contributed by atoms with E-state index >= 15 is 0 Å². The molecule has 2 N–H and O–H groups in total. The van der Waals surface area contributed by atoms with Crippen LogP contribution in [0.2, 0.25) is 0 Å².